The van der Waals surface area contributed by atoms with Gasteiger partial charge in [-0.15, -0.1) is 0 Å². The lowest BCUT2D eigenvalue weighted by molar-refractivity contribution is -0.183. The number of nitrogens with zero attached hydrogens (tertiary/aromatic N) is 2. The summed E-state index contributed by atoms with van der Waals surface area (Å²) in [6.45, 7) is 0.496. The summed E-state index contributed by atoms with van der Waals surface area (Å²) in [6, 6.07) is 3.65. The first-order chi connectivity index (χ1) is 11.0. The van der Waals surface area contributed by atoms with E-state index in [0.717, 1.165) is 23.2 Å². The van der Waals surface area contributed by atoms with Gasteiger partial charge in [0.05, 0.1) is 17.8 Å². The maximum atomic E-state index is 12.9. The van der Waals surface area contributed by atoms with Crippen LogP contribution >= 0.6 is 0 Å². The van der Waals surface area contributed by atoms with E-state index in [-0.39, 0.29) is 18.9 Å². The van der Waals surface area contributed by atoms with Crippen LogP contribution in [0.2, 0.25) is 0 Å². The maximum absolute atomic E-state index is 12.9. The molecule has 0 amide bonds. The van der Waals surface area contributed by atoms with Crippen LogP contribution < -0.4 is 5.32 Å². The van der Waals surface area contributed by atoms with Crippen LogP contribution in [0.15, 0.2) is 30.7 Å². The highest BCUT2D eigenvalue weighted by Crippen LogP contribution is 2.37. The van der Waals surface area contributed by atoms with E-state index in [9.17, 15) is 13.2 Å². The molecule has 2 aromatic heterocycles. The highest BCUT2D eigenvalue weighted by atomic mass is 19.4. The maximum Gasteiger partial charge on any atom is 0.391 e. The highest BCUT2D eigenvalue weighted by molar-refractivity contribution is 5.61. The minimum atomic E-state index is -4.09. The third kappa shape index (κ3) is 3.90. The molecule has 124 valence electrons. The van der Waals surface area contributed by atoms with E-state index in [2.05, 4.69) is 20.5 Å². The Morgan fingerprint density at radius 1 is 1.26 bits per heavy atom. The third-order valence-corrected chi connectivity index (χ3v) is 4.39. The van der Waals surface area contributed by atoms with Gasteiger partial charge in [0.25, 0.3) is 0 Å². The van der Waals surface area contributed by atoms with Crippen LogP contribution in [0.1, 0.15) is 31.2 Å². The molecular formula is C16H19F3N4. The standard InChI is InChI=1S/C16H19F3N4/c17-16(18,19)13-4-1-5-14(7-13)21-9-12-10-22-23-15(12)11-3-2-6-20-8-11/h2-3,6,8,10,13-14,21H,1,4-5,7,9H2,(H,22,23)/t13-,14+/m0/s1. The molecule has 2 atom stereocenters. The van der Waals surface area contributed by atoms with Crippen LogP contribution in [0.4, 0.5) is 13.2 Å². The Labute approximate surface area is 132 Å². The molecule has 2 heterocycles. The zero-order valence-corrected chi connectivity index (χ0v) is 12.6. The van der Waals surface area contributed by atoms with Crippen LogP contribution in [0, 0.1) is 5.92 Å². The number of H-pyrrole nitrogens is 1. The fourth-order valence-corrected chi connectivity index (χ4v) is 3.13. The van der Waals surface area contributed by atoms with Crippen molar-refractivity contribution in [3.05, 3.63) is 36.3 Å². The number of hydrogen-bond acceptors (Lipinski definition) is 3. The molecule has 0 radical (unpaired) electrons. The minimum absolute atomic E-state index is 0.105. The molecule has 0 aromatic carbocycles. The number of halogens is 3. The highest BCUT2D eigenvalue weighted by Gasteiger charge is 2.42. The minimum Gasteiger partial charge on any atom is -0.310 e. The lowest BCUT2D eigenvalue weighted by Crippen LogP contribution is -2.38. The summed E-state index contributed by atoms with van der Waals surface area (Å²) in [4.78, 5) is 4.08. The second kappa shape index (κ2) is 6.70. The van der Waals surface area contributed by atoms with Crippen LogP contribution in [0.3, 0.4) is 0 Å². The second-order valence-electron chi connectivity index (χ2n) is 5.99. The number of aromatic nitrogens is 3. The zero-order chi connectivity index (χ0) is 16.3. The third-order valence-electron chi connectivity index (χ3n) is 4.39. The number of rotatable bonds is 4. The van der Waals surface area contributed by atoms with Gasteiger partial charge >= 0.3 is 6.18 Å². The van der Waals surface area contributed by atoms with Crippen LogP contribution in [0.5, 0.6) is 0 Å². The molecule has 1 aliphatic rings. The molecule has 2 aromatic rings. The first-order valence-electron chi connectivity index (χ1n) is 7.77. The first kappa shape index (κ1) is 16.0. The molecular weight excluding hydrogens is 305 g/mol. The zero-order valence-electron chi connectivity index (χ0n) is 12.6. The van der Waals surface area contributed by atoms with Gasteiger partial charge in [-0.1, -0.05) is 6.42 Å². The van der Waals surface area contributed by atoms with Crippen LogP contribution in [0.25, 0.3) is 11.3 Å². The van der Waals surface area contributed by atoms with Gasteiger partial charge in [0.15, 0.2) is 0 Å². The average Bonchev–Trinajstić information content (AvgIpc) is 3.02. The van der Waals surface area contributed by atoms with Crippen molar-refractivity contribution in [3.8, 4) is 11.3 Å². The Morgan fingerprint density at radius 2 is 2.13 bits per heavy atom. The monoisotopic (exact) mass is 324 g/mol. The van der Waals surface area contributed by atoms with Crippen molar-refractivity contribution in [2.24, 2.45) is 5.92 Å². The SMILES string of the molecule is FC(F)(F)[C@H]1CCC[C@@H](NCc2cn[nH]c2-c2cccnc2)C1. The van der Waals surface area contributed by atoms with Gasteiger partial charge in [0.2, 0.25) is 0 Å². The van der Waals surface area contributed by atoms with Gasteiger partial charge in [-0.05, 0) is 31.4 Å². The Hall–Kier alpha value is -1.89. The summed E-state index contributed by atoms with van der Waals surface area (Å²) in [7, 11) is 0. The van der Waals surface area contributed by atoms with Gasteiger partial charge < -0.3 is 5.32 Å². The molecule has 2 N–H and O–H groups in total. The largest absolute Gasteiger partial charge is 0.391 e. The van der Waals surface area contributed by atoms with Gasteiger partial charge in [-0.25, -0.2) is 0 Å². The van der Waals surface area contributed by atoms with Crippen molar-refractivity contribution in [1.29, 1.82) is 0 Å². The van der Waals surface area contributed by atoms with Gasteiger partial charge in [-0.2, -0.15) is 18.3 Å². The number of alkyl halides is 3. The molecule has 0 spiro atoms. The molecule has 0 bridgehead atoms. The van der Waals surface area contributed by atoms with Gasteiger partial charge in [0, 0.05) is 36.1 Å². The van der Waals surface area contributed by atoms with Crippen molar-refractivity contribution in [2.75, 3.05) is 0 Å². The smallest absolute Gasteiger partial charge is 0.310 e. The van der Waals surface area contributed by atoms with E-state index in [4.69, 9.17) is 0 Å². The number of hydrogen-bond donors (Lipinski definition) is 2. The second-order valence-corrected chi connectivity index (χ2v) is 5.99. The number of aromatic amines is 1. The topological polar surface area (TPSA) is 53.6 Å². The Balaban J connectivity index is 1.62. The van der Waals surface area contributed by atoms with Crippen molar-refractivity contribution in [3.63, 3.8) is 0 Å². The Kier molecular flexibility index (Phi) is 4.66. The summed E-state index contributed by atoms with van der Waals surface area (Å²) < 4.78 is 38.6. The fourth-order valence-electron chi connectivity index (χ4n) is 3.13. The molecule has 0 aliphatic heterocycles. The van der Waals surface area contributed by atoms with E-state index in [0.29, 0.717) is 13.0 Å². The lowest BCUT2D eigenvalue weighted by atomic mass is 9.85. The molecule has 1 saturated carbocycles. The molecule has 0 unspecified atom stereocenters. The Morgan fingerprint density at radius 3 is 2.87 bits per heavy atom. The summed E-state index contributed by atoms with van der Waals surface area (Å²) in [5.74, 6) is -1.18. The number of nitrogens with one attached hydrogen (secondary N) is 2. The quantitative estimate of drug-likeness (QED) is 0.902. The van der Waals surface area contributed by atoms with Crippen molar-refractivity contribution in [1.82, 2.24) is 20.5 Å². The van der Waals surface area contributed by atoms with Gasteiger partial charge in [0.1, 0.15) is 0 Å². The lowest BCUT2D eigenvalue weighted by Gasteiger charge is -2.31. The molecule has 1 fully saturated rings. The molecule has 4 nitrogen and oxygen atoms in total. The number of pyridine rings is 1. The summed E-state index contributed by atoms with van der Waals surface area (Å²) in [5.41, 5.74) is 2.71. The molecule has 23 heavy (non-hydrogen) atoms. The van der Waals surface area contributed by atoms with E-state index in [1.807, 2.05) is 12.1 Å². The molecule has 1 aliphatic carbocycles. The van der Waals surface area contributed by atoms with Gasteiger partial charge in [-0.3, -0.25) is 10.1 Å². The summed E-state index contributed by atoms with van der Waals surface area (Å²) in [5, 5.41) is 10.2. The van der Waals surface area contributed by atoms with E-state index in [1.54, 1.807) is 18.6 Å². The van der Waals surface area contributed by atoms with Crippen molar-refractivity contribution >= 4 is 0 Å². The predicted molar refractivity (Wildman–Crippen MR) is 80.5 cm³/mol. The normalized spacial score (nSPS) is 22.2. The molecule has 3 rings (SSSR count). The average molecular weight is 324 g/mol. The molecule has 7 heteroatoms. The van der Waals surface area contributed by atoms with E-state index < -0.39 is 12.1 Å². The van der Waals surface area contributed by atoms with E-state index in [1.165, 1.54) is 0 Å². The Bertz CT molecular complexity index is 624. The first-order valence-corrected chi connectivity index (χ1v) is 7.77. The fraction of sp³-hybridized carbons (Fsp3) is 0.500. The van der Waals surface area contributed by atoms with E-state index >= 15 is 0 Å². The van der Waals surface area contributed by atoms with Crippen LogP contribution in [-0.4, -0.2) is 27.4 Å². The summed E-state index contributed by atoms with van der Waals surface area (Å²) in [6.07, 6.45) is 2.85. The predicted octanol–water partition coefficient (Wildman–Crippen LogP) is 3.68. The van der Waals surface area contributed by atoms with Crippen LogP contribution in [-0.2, 0) is 6.54 Å². The summed E-state index contributed by atoms with van der Waals surface area (Å²) >= 11 is 0. The van der Waals surface area contributed by atoms with Crippen molar-refractivity contribution in [2.45, 2.75) is 44.4 Å². The van der Waals surface area contributed by atoms with Crippen molar-refractivity contribution < 1.29 is 13.2 Å². The molecule has 0 saturated heterocycles.